The highest BCUT2D eigenvalue weighted by atomic mass is 32.2. The maximum absolute atomic E-state index is 11.0. The first-order valence-corrected chi connectivity index (χ1v) is 5.47. The van der Waals surface area contributed by atoms with Gasteiger partial charge in [0.1, 0.15) is 6.04 Å². The van der Waals surface area contributed by atoms with Gasteiger partial charge in [0.05, 0.1) is 12.1 Å². The van der Waals surface area contributed by atoms with Crippen molar-refractivity contribution < 1.29 is 8.42 Å². The van der Waals surface area contributed by atoms with Gasteiger partial charge in [0.15, 0.2) is 5.75 Å². The Balaban J connectivity index is 4.27. The van der Waals surface area contributed by atoms with Crippen molar-refractivity contribution in [1.82, 2.24) is 4.72 Å². The van der Waals surface area contributed by atoms with Crippen molar-refractivity contribution in [2.24, 2.45) is 0 Å². The predicted molar refractivity (Wildman–Crippen MR) is 46.8 cm³/mol. The zero-order valence-electron chi connectivity index (χ0n) is 7.32. The lowest BCUT2D eigenvalue weighted by atomic mass is 10.2. The Morgan fingerprint density at radius 1 is 1.46 bits per heavy atom. The maximum Gasteiger partial charge on any atom is 0.226 e. The van der Waals surface area contributed by atoms with Crippen molar-refractivity contribution >= 4 is 10.0 Å². The summed E-state index contributed by atoms with van der Waals surface area (Å²) in [6.07, 6.45) is 1.18. The van der Waals surface area contributed by atoms with Crippen LogP contribution in [-0.4, -0.2) is 20.2 Å². The van der Waals surface area contributed by atoms with Gasteiger partial charge in [0.2, 0.25) is 10.0 Å². The molecular formula is C7H11N3O2S. The van der Waals surface area contributed by atoms with Crippen LogP contribution in [0.4, 0.5) is 0 Å². The fraction of sp³-hybridized carbons (Fsp3) is 0.714. The zero-order valence-corrected chi connectivity index (χ0v) is 8.13. The monoisotopic (exact) mass is 201 g/mol. The third-order valence-corrected chi connectivity index (χ3v) is 2.46. The molecule has 0 saturated carbocycles. The summed E-state index contributed by atoms with van der Waals surface area (Å²) >= 11 is 0. The summed E-state index contributed by atoms with van der Waals surface area (Å²) in [7, 11) is -3.60. The van der Waals surface area contributed by atoms with Crippen LogP contribution in [0, 0.1) is 22.7 Å². The van der Waals surface area contributed by atoms with Gasteiger partial charge >= 0.3 is 0 Å². The minimum atomic E-state index is -3.60. The lowest BCUT2D eigenvalue weighted by Crippen LogP contribution is -2.34. The second-order valence-corrected chi connectivity index (χ2v) is 4.26. The van der Waals surface area contributed by atoms with Gasteiger partial charge in [-0.2, -0.15) is 15.2 Å². The Morgan fingerprint density at radius 2 is 2.08 bits per heavy atom. The summed E-state index contributed by atoms with van der Waals surface area (Å²) in [5.74, 6) is -0.602. The molecule has 72 valence electrons. The lowest BCUT2D eigenvalue weighted by molar-refractivity contribution is 0.566. The highest BCUT2D eigenvalue weighted by Gasteiger charge is 2.15. The lowest BCUT2D eigenvalue weighted by Gasteiger charge is -2.08. The molecule has 0 fully saturated rings. The molecule has 0 bridgehead atoms. The van der Waals surface area contributed by atoms with Crippen LogP contribution in [0.3, 0.4) is 0 Å². The second kappa shape index (κ2) is 5.52. The average Bonchev–Trinajstić information content (AvgIpc) is 2.03. The molecule has 0 spiro atoms. The molecule has 5 nitrogen and oxygen atoms in total. The van der Waals surface area contributed by atoms with Crippen molar-refractivity contribution in [1.29, 1.82) is 10.5 Å². The molecule has 0 aromatic carbocycles. The van der Waals surface area contributed by atoms with Gasteiger partial charge < -0.3 is 0 Å². The van der Waals surface area contributed by atoms with E-state index in [1.54, 1.807) is 0 Å². The molecule has 13 heavy (non-hydrogen) atoms. The van der Waals surface area contributed by atoms with E-state index >= 15 is 0 Å². The first-order chi connectivity index (χ1) is 6.05. The normalized spacial score (nSPS) is 12.8. The van der Waals surface area contributed by atoms with Crippen LogP contribution in [0.25, 0.3) is 0 Å². The number of nitrogens with one attached hydrogen (secondary N) is 1. The van der Waals surface area contributed by atoms with Gasteiger partial charge in [-0.05, 0) is 6.42 Å². The Hall–Kier alpha value is -1.11. The molecule has 0 heterocycles. The highest BCUT2D eigenvalue weighted by molar-refractivity contribution is 7.89. The van der Waals surface area contributed by atoms with E-state index in [0.717, 1.165) is 0 Å². The summed E-state index contributed by atoms with van der Waals surface area (Å²) in [5.41, 5.74) is 0. The fourth-order valence-corrected chi connectivity index (χ4v) is 1.64. The number of rotatable bonds is 5. The van der Waals surface area contributed by atoms with E-state index in [1.807, 2.05) is 13.0 Å². The van der Waals surface area contributed by atoms with Crippen LogP contribution in [0.2, 0.25) is 0 Å². The van der Waals surface area contributed by atoms with E-state index in [0.29, 0.717) is 12.8 Å². The molecule has 1 atom stereocenters. The standard InChI is InChI=1S/C7H11N3O2S/c1-2-3-7(6-9)10-13(11,12)5-4-8/h7,10H,2-3,5H2,1H3. The summed E-state index contributed by atoms with van der Waals surface area (Å²) in [5, 5.41) is 16.7. The molecule has 0 aromatic heterocycles. The number of hydrogen-bond donors (Lipinski definition) is 1. The van der Waals surface area contributed by atoms with Crippen molar-refractivity contribution in [2.75, 3.05) is 5.75 Å². The van der Waals surface area contributed by atoms with E-state index < -0.39 is 21.8 Å². The largest absolute Gasteiger partial charge is 0.226 e. The summed E-state index contributed by atoms with van der Waals surface area (Å²) in [4.78, 5) is 0. The molecule has 0 aliphatic rings. The SMILES string of the molecule is CCCC(C#N)NS(=O)(=O)CC#N. The molecule has 0 aliphatic carbocycles. The molecular weight excluding hydrogens is 190 g/mol. The average molecular weight is 201 g/mol. The molecule has 0 rings (SSSR count). The Bertz CT molecular complexity index is 323. The van der Waals surface area contributed by atoms with E-state index in [1.165, 1.54) is 6.07 Å². The third-order valence-electron chi connectivity index (χ3n) is 1.31. The number of hydrogen-bond acceptors (Lipinski definition) is 4. The second-order valence-electron chi connectivity index (χ2n) is 2.51. The molecule has 0 amide bonds. The first-order valence-electron chi connectivity index (χ1n) is 3.82. The quantitative estimate of drug-likeness (QED) is 0.683. The molecule has 1 N–H and O–H groups in total. The van der Waals surface area contributed by atoms with Crippen molar-refractivity contribution in [3.05, 3.63) is 0 Å². The molecule has 0 aromatic rings. The maximum atomic E-state index is 11.0. The molecule has 6 heteroatoms. The van der Waals surface area contributed by atoms with Crippen LogP contribution in [0.1, 0.15) is 19.8 Å². The number of nitriles is 2. The van der Waals surface area contributed by atoms with E-state index in [-0.39, 0.29) is 0 Å². The highest BCUT2D eigenvalue weighted by Crippen LogP contribution is 1.97. The van der Waals surface area contributed by atoms with Gasteiger partial charge in [-0.25, -0.2) is 8.42 Å². The summed E-state index contributed by atoms with van der Waals surface area (Å²) < 4.78 is 24.1. The Labute approximate surface area is 78.0 Å². The third kappa shape index (κ3) is 5.18. The van der Waals surface area contributed by atoms with E-state index in [2.05, 4.69) is 4.72 Å². The summed E-state index contributed by atoms with van der Waals surface area (Å²) in [6.45, 7) is 1.85. The number of nitrogens with zero attached hydrogens (tertiary/aromatic N) is 2. The van der Waals surface area contributed by atoms with Crippen molar-refractivity contribution in [2.45, 2.75) is 25.8 Å². The smallest absolute Gasteiger partial charge is 0.211 e. The fourth-order valence-electron chi connectivity index (χ4n) is 0.782. The van der Waals surface area contributed by atoms with Gasteiger partial charge in [-0.3, -0.25) is 0 Å². The van der Waals surface area contributed by atoms with Crippen molar-refractivity contribution in [3.8, 4) is 12.1 Å². The molecule has 0 saturated heterocycles. The van der Waals surface area contributed by atoms with E-state index in [9.17, 15) is 8.42 Å². The van der Waals surface area contributed by atoms with Crippen LogP contribution in [0.15, 0.2) is 0 Å². The van der Waals surface area contributed by atoms with Crippen molar-refractivity contribution in [3.63, 3.8) is 0 Å². The molecule has 1 unspecified atom stereocenters. The van der Waals surface area contributed by atoms with Gasteiger partial charge in [0, 0.05) is 0 Å². The Kier molecular flexibility index (Phi) is 5.05. The molecule has 0 radical (unpaired) electrons. The zero-order chi connectivity index (χ0) is 10.3. The van der Waals surface area contributed by atoms with Gasteiger partial charge in [-0.1, -0.05) is 13.3 Å². The predicted octanol–water partition coefficient (Wildman–Crippen LogP) is 0.122. The summed E-state index contributed by atoms with van der Waals surface area (Å²) in [6, 6.07) is 2.62. The first kappa shape index (κ1) is 11.9. The minimum absolute atomic E-state index is 0.459. The van der Waals surface area contributed by atoms with Crippen LogP contribution in [0.5, 0.6) is 0 Å². The molecule has 0 aliphatic heterocycles. The van der Waals surface area contributed by atoms with Crippen LogP contribution < -0.4 is 4.72 Å². The van der Waals surface area contributed by atoms with Gasteiger partial charge in [-0.15, -0.1) is 0 Å². The van der Waals surface area contributed by atoms with E-state index in [4.69, 9.17) is 10.5 Å². The minimum Gasteiger partial charge on any atom is -0.211 e. The Morgan fingerprint density at radius 3 is 2.46 bits per heavy atom. The number of sulfonamides is 1. The van der Waals surface area contributed by atoms with Crippen LogP contribution in [-0.2, 0) is 10.0 Å². The van der Waals surface area contributed by atoms with Gasteiger partial charge in [0.25, 0.3) is 0 Å². The van der Waals surface area contributed by atoms with Crippen LogP contribution >= 0.6 is 0 Å². The topological polar surface area (TPSA) is 93.8 Å².